The van der Waals surface area contributed by atoms with Crippen molar-refractivity contribution in [2.45, 2.75) is 25.8 Å². The molecule has 0 aromatic rings. The van der Waals surface area contributed by atoms with Gasteiger partial charge in [-0.3, -0.25) is 9.59 Å². The predicted octanol–water partition coefficient (Wildman–Crippen LogP) is -0.328. The summed E-state index contributed by atoms with van der Waals surface area (Å²) in [4.78, 5) is 23.8. The summed E-state index contributed by atoms with van der Waals surface area (Å²) in [5.41, 5.74) is 0. The van der Waals surface area contributed by atoms with Crippen molar-refractivity contribution in [1.29, 1.82) is 0 Å². The highest BCUT2D eigenvalue weighted by molar-refractivity contribution is 5.79. The van der Waals surface area contributed by atoms with Gasteiger partial charge in [0.2, 0.25) is 5.91 Å². The molecule has 0 aromatic heterocycles. The average molecular weight is 200 g/mol. The van der Waals surface area contributed by atoms with Gasteiger partial charge in [0.1, 0.15) is 6.04 Å². The minimum atomic E-state index is -0.890. The monoisotopic (exact) mass is 200 g/mol. The second-order valence-corrected chi connectivity index (χ2v) is 3.43. The Hall–Kier alpha value is -1.10. The lowest BCUT2D eigenvalue weighted by molar-refractivity contribution is -0.142. The van der Waals surface area contributed by atoms with Crippen molar-refractivity contribution in [2.24, 2.45) is 0 Å². The van der Waals surface area contributed by atoms with Gasteiger partial charge in [0.25, 0.3) is 0 Å². The molecular formula is C9H16N2O3. The molecule has 0 aromatic carbocycles. The maximum absolute atomic E-state index is 11.5. The molecule has 0 saturated carbocycles. The van der Waals surface area contributed by atoms with Crippen LogP contribution in [0.3, 0.4) is 0 Å². The quantitative estimate of drug-likeness (QED) is 0.654. The van der Waals surface area contributed by atoms with Crippen molar-refractivity contribution in [3.05, 3.63) is 0 Å². The van der Waals surface area contributed by atoms with E-state index in [4.69, 9.17) is 5.11 Å². The summed E-state index contributed by atoms with van der Waals surface area (Å²) in [6.07, 6.45) is 1.31. The molecule has 1 heterocycles. The van der Waals surface area contributed by atoms with Crippen molar-refractivity contribution in [1.82, 2.24) is 10.2 Å². The van der Waals surface area contributed by atoms with Gasteiger partial charge in [0.15, 0.2) is 0 Å². The summed E-state index contributed by atoms with van der Waals surface area (Å²) in [7, 11) is 0. The van der Waals surface area contributed by atoms with Crippen LogP contribution >= 0.6 is 0 Å². The van der Waals surface area contributed by atoms with Crippen LogP contribution in [0.5, 0.6) is 0 Å². The van der Waals surface area contributed by atoms with Crippen LogP contribution in [0.2, 0.25) is 0 Å². The summed E-state index contributed by atoms with van der Waals surface area (Å²) in [5, 5.41) is 11.6. The highest BCUT2D eigenvalue weighted by Gasteiger charge is 2.26. The van der Waals surface area contributed by atoms with Gasteiger partial charge in [0, 0.05) is 26.1 Å². The fourth-order valence-electron chi connectivity index (χ4n) is 1.51. The van der Waals surface area contributed by atoms with Gasteiger partial charge < -0.3 is 15.3 Å². The highest BCUT2D eigenvalue weighted by Crippen LogP contribution is 2.03. The topological polar surface area (TPSA) is 69.6 Å². The Labute approximate surface area is 83.1 Å². The number of amides is 1. The summed E-state index contributed by atoms with van der Waals surface area (Å²) in [5.74, 6) is -0.834. The summed E-state index contributed by atoms with van der Waals surface area (Å²) in [6.45, 7) is 3.40. The molecule has 1 atom stereocenters. The number of hydrogen-bond donors (Lipinski definition) is 2. The normalized spacial score (nSPS) is 22.1. The number of rotatable bonds is 3. The average Bonchev–Trinajstić information content (AvgIpc) is 2.18. The molecule has 0 bridgehead atoms. The van der Waals surface area contributed by atoms with Crippen LogP contribution in [0.4, 0.5) is 0 Å². The number of hydrogen-bond acceptors (Lipinski definition) is 3. The van der Waals surface area contributed by atoms with Gasteiger partial charge >= 0.3 is 5.97 Å². The van der Waals surface area contributed by atoms with E-state index >= 15 is 0 Å². The molecule has 1 aliphatic heterocycles. The van der Waals surface area contributed by atoms with Crippen molar-refractivity contribution < 1.29 is 14.7 Å². The Balaban J connectivity index is 2.47. The second kappa shape index (κ2) is 4.95. The number of carboxylic acids is 1. The van der Waals surface area contributed by atoms with E-state index in [1.54, 1.807) is 4.90 Å². The molecule has 80 valence electrons. The van der Waals surface area contributed by atoms with Gasteiger partial charge in [-0.1, -0.05) is 6.92 Å². The highest BCUT2D eigenvalue weighted by atomic mass is 16.4. The zero-order valence-corrected chi connectivity index (χ0v) is 8.32. The van der Waals surface area contributed by atoms with E-state index in [2.05, 4.69) is 5.32 Å². The van der Waals surface area contributed by atoms with Crippen molar-refractivity contribution in [3.63, 3.8) is 0 Å². The maximum atomic E-state index is 11.5. The van der Waals surface area contributed by atoms with E-state index in [1.165, 1.54) is 0 Å². The predicted molar refractivity (Wildman–Crippen MR) is 50.9 cm³/mol. The fourth-order valence-corrected chi connectivity index (χ4v) is 1.51. The molecular weight excluding hydrogens is 184 g/mol. The molecule has 5 heteroatoms. The Morgan fingerprint density at radius 1 is 1.57 bits per heavy atom. The third kappa shape index (κ3) is 2.70. The molecule has 2 N–H and O–H groups in total. The third-order valence-electron chi connectivity index (χ3n) is 2.29. The lowest BCUT2D eigenvalue weighted by Crippen LogP contribution is -2.55. The number of nitrogens with zero attached hydrogens (tertiary/aromatic N) is 1. The van der Waals surface area contributed by atoms with Crippen LogP contribution in [0.1, 0.15) is 19.8 Å². The largest absolute Gasteiger partial charge is 0.480 e. The minimum absolute atomic E-state index is 0.0558. The van der Waals surface area contributed by atoms with Crippen molar-refractivity contribution in [2.75, 3.05) is 19.6 Å². The lowest BCUT2D eigenvalue weighted by atomic mass is 10.2. The van der Waals surface area contributed by atoms with Crippen LogP contribution < -0.4 is 5.32 Å². The molecule has 1 unspecified atom stereocenters. The van der Waals surface area contributed by atoms with Crippen molar-refractivity contribution in [3.8, 4) is 0 Å². The SMILES string of the molecule is CCCC(=O)N1CCNC(C(=O)O)C1. The maximum Gasteiger partial charge on any atom is 0.322 e. The van der Waals surface area contributed by atoms with Crippen LogP contribution in [0.25, 0.3) is 0 Å². The van der Waals surface area contributed by atoms with Gasteiger partial charge in [-0.15, -0.1) is 0 Å². The Kier molecular flexibility index (Phi) is 3.88. The van der Waals surface area contributed by atoms with E-state index in [9.17, 15) is 9.59 Å². The number of piperazine rings is 1. The number of carboxylic acid groups (broad SMARTS) is 1. The molecule has 1 aliphatic rings. The van der Waals surface area contributed by atoms with Gasteiger partial charge in [-0.2, -0.15) is 0 Å². The number of carbonyl (C=O) groups excluding carboxylic acids is 1. The first-order chi connectivity index (χ1) is 6.65. The standard InChI is InChI=1S/C9H16N2O3/c1-2-3-8(12)11-5-4-10-7(6-11)9(13)14/h7,10H,2-6H2,1H3,(H,13,14). The molecule has 0 radical (unpaired) electrons. The number of nitrogens with one attached hydrogen (secondary N) is 1. The van der Waals surface area contributed by atoms with E-state index in [1.807, 2.05) is 6.92 Å². The zero-order valence-electron chi connectivity index (χ0n) is 8.32. The van der Waals surface area contributed by atoms with Gasteiger partial charge in [0.05, 0.1) is 0 Å². The third-order valence-corrected chi connectivity index (χ3v) is 2.29. The lowest BCUT2D eigenvalue weighted by Gasteiger charge is -2.31. The Bertz CT molecular complexity index is 230. The van der Waals surface area contributed by atoms with E-state index in [0.717, 1.165) is 6.42 Å². The second-order valence-electron chi connectivity index (χ2n) is 3.43. The van der Waals surface area contributed by atoms with Gasteiger partial charge in [-0.25, -0.2) is 0 Å². The molecule has 1 fully saturated rings. The molecule has 0 aliphatic carbocycles. The molecule has 1 amide bonds. The summed E-state index contributed by atoms with van der Waals surface area (Å²) in [6, 6.07) is -0.607. The first-order valence-electron chi connectivity index (χ1n) is 4.89. The molecule has 1 rings (SSSR count). The van der Waals surface area contributed by atoms with Crippen molar-refractivity contribution >= 4 is 11.9 Å². The summed E-state index contributed by atoms with van der Waals surface area (Å²) >= 11 is 0. The number of carbonyl (C=O) groups is 2. The zero-order chi connectivity index (χ0) is 10.6. The van der Waals surface area contributed by atoms with Crippen LogP contribution in [-0.4, -0.2) is 47.6 Å². The molecule has 0 spiro atoms. The first-order valence-corrected chi connectivity index (χ1v) is 4.89. The fraction of sp³-hybridized carbons (Fsp3) is 0.778. The Morgan fingerprint density at radius 3 is 2.86 bits per heavy atom. The van der Waals surface area contributed by atoms with E-state index in [0.29, 0.717) is 19.5 Å². The van der Waals surface area contributed by atoms with E-state index in [-0.39, 0.29) is 12.5 Å². The van der Waals surface area contributed by atoms with Crippen LogP contribution in [-0.2, 0) is 9.59 Å². The smallest absolute Gasteiger partial charge is 0.322 e. The minimum Gasteiger partial charge on any atom is -0.480 e. The van der Waals surface area contributed by atoms with Gasteiger partial charge in [-0.05, 0) is 6.42 Å². The molecule has 14 heavy (non-hydrogen) atoms. The Morgan fingerprint density at radius 2 is 2.29 bits per heavy atom. The van der Waals surface area contributed by atoms with E-state index < -0.39 is 12.0 Å². The number of aliphatic carboxylic acids is 1. The first kappa shape index (κ1) is 11.0. The van der Waals surface area contributed by atoms with Crippen LogP contribution in [0, 0.1) is 0 Å². The van der Waals surface area contributed by atoms with Crippen LogP contribution in [0.15, 0.2) is 0 Å². The molecule has 5 nitrogen and oxygen atoms in total. The molecule has 1 saturated heterocycles. The summed E-state index contributed by atoms with van der Waals surface area (Å²) < 4.78 is 0.